The van der Waals surface area contributed by atoms with Crippen molar-refractivity contribution in [2.24, 2.45) is 0 Å². The molecule has 0 unspecified atom stereocenters. The van der Waals surface area contributed by atoms with Crippen LogP contribution in [0.4, 0.5) is 11.5 Å². The predicted octanol–water partition coefficient (Wildman–Crippen LogP) is 1.35. The molecule has 11 nitrogen and oxygen atoms in total. The van der Waals surface area contributed by atoms with Crippen LogP contribution in [0.25, 0.3) is 11.4 Å². The molecule has 0 radical (unpaired) electrons. The lowest BCUT2D eigenvalue weighted by Gasteiger charge is -2.23. The van der Waals surface area contributed by atoms with Crippen molar-refractivity contribution in [1.29, 1.82) is 0 Å². The smallest absolute Gasteiger partial charge is 0.330 e. The third-order valence-electron chi connectivity index (χ3n) is 4.78. The highest BCUT2D eigenvalue weighted by Gasteiger charge is 2.23. The van der Waals surface area contributed by atoms with Crippen LogP contribution in [0.5, 0.6) is 0 Å². The van der Waals surface area contributed by atoms with Crippen LogP contribution < -0.4 is 21.9 Å². The summed E-state index contributed by atoms with van der Waals surface area (Å²) in [4.78, 5) is 49.2. The standard InChI is InChI=1S/C20H25N7O4/c1-3-5-11-27-17(21)16(19(29)24-20(27)30)26(4-2)15(28)9-8-14-23-18(25-31-14)13-7-6-10-22-12-13/h6-7,10,12H,3-5,8-9,11,21H2,1-2H3,(H,24,29,30). The lowest BCUT2D eigenvalue weighted by Crippen LogP contribution is -2.41. The molecule has 3 N–H and O–H groups in total. The second-order valence-corrected chi connectivity index (χ2v) is 6.89. The van der Waals surface area contributed by atoms with E-state index in [0.29, 0.717) is 24.4 Å². The minimum absolute atomic E-state index is 0.0194. The Labute approximate surface area is 177 Å². The monoisotopic (exact) mass is 427 g/mol. The highest BCUT2D eigenvalue weighted by atomic mass is 16.5. The number of hydrogen-bond donors (Lipinski definition) is 2. The van der Waals surface area contributed by atoms with Gasteiger partial charge in [0.1, 0.15) is 5.82 Å². The summed E-state index contributed by atoms with van der Waals surface area (Å²) in [7, 11) is 0. The first-order valence-electron chi connectivity index (χ1n) is 10.1. The quantitative estimate of drug-likeness (QED) is 0.519. The Morgan fingerprint density at radius 2 is 2.13 bits per heavy atom. The molecule has 0 spiro atoms. The summed E-state index contributed by atoms with van der Waals surface area (Å²) >= 11 is 0. The summed E-state index contributed by atoms with van der Waals surface area (Å²) < 4.78 is 6.50. The number of nitrogens with zero attached hydrogens (tertiary/aromatic N) is 5. The van der Waals surface area contributed by atoms with Gasteiger partial charge in [0.2, 0.25) is 17.6 Å². The van der Waals surface area contributed by atoms with Gasteiger partial charge in [0.25, 0.3) is 5.56 Å². The SMILES string of the molecule is CCCCn1c(N)c(N(CC)C(=O)CCc2nc(-c3cccnc3)no2)c(=O)[nH]c1=O. The molecule has 0 saturated heterocycles. The zero-order valence-corrected chi connectivity index (χ0v) is 17.5. The molecule has 0 aliphatic rings. The van der Waals surface area contributed by atoms with Crippen LogP contribution >= 0.6 is 0 Å². The highest BCUT2D eigenvalue weighted by molar-refractivity contribution is 5.95. The molecule has 3 rings (SSSR count). The maximum Gasteiger partial charge on any atom is 0.330 e. The third kappa shape index (κ3) is 4.87. The number of rotatable bonds is 9. The van der Waals surface area contributed by atoms with Crippen molar-refractivity contribution >= 4 is 17.4 Å². The number of amides is 1. The molecule has 3 aromatic heterocycles. The summed E-state index contributed by atoms with van der Waals surface area (Å²) in [6.45, 7) is 4.27. The van der Waals surface area contributed by atoms with Crippen molar-refractivity contribution in [3.05, 3.63) is 51.3 Å². The van der Waals surface area contributed by atoms with Crippen LogP contribution in [-0.2, 0) is 17.8 Å². The number of nitrogen functional groups attached to an aromatic ring is 1. The second-order valence-electron chi connectivity index (χ2n) is 6.89. The number of aryl methyl sites for hydroxylation is 1. The number of nitrogens with one attached hydrogen (secondary N) is 1. The molecule has 0 atom stereocenters. The lowest BCUT2D eigenvalue weighted by atomic mass is 10.2. The van der Waals surface area contributed by atoms with E-state index in [1.165, 1.54) is 9.47 Å². The van der Waals surface area contributed by atoms with Gasteiger partial charge in [-0.3, -0.25) is 24.1 Å². The minimum atomic E-state index is -0.692. The van der Waals surface area contributed by atoms with E-state index in [1.807, 2.05) is 6.92 Å². The van der Waals surface area contributed by atoms with E-state index in [2.05, 4.69) is 20.1 Å². The lowest BCUT2D eigenvalue weighted by molar-refractivity contribution is -0.118. The first-order valence-corrected chi connectivity index (χ1v) is 10.1. The van der Waals surface area contributed by atoms with Crippen LogP contribution in [0.15, 0.2) is 38.6 Å². The number of unbranched alkanes of at least 4 members (excludes halogenated alkanes) is 1. The van der Waals surface area contributed by atoms with Gasteiger partial charge in [-0.15, -0.1) is 0 Å². The zero-order chi connectivity index (χ0) is 22.4. The molecule has 0 bridgehead atoms. The first kappa shape index (κ1) is 21.9. The topological polar surface area (TPSA) is 153 Å². The molecule has 0 saturated carbocycles. The van der Waals surface area contributed by atoms with Gasteiger partial charge in [0, 0.05) is 43.9 Å². The van der Waals surface area contributed by atoms with Crippen molar-refractivity contribution in [3.8, 4) is 11.4 Å². The van der Waals surface area contributed by atoms with E-state index in [4.69, 9.17) is 10.3 Å². The molecule has 31 heavy (non-hydrogen) atoms. The minimum Gasteiger partial charge on any atom is -0.383 e. The Kier molecular flexibility index (Phi) is 6.96. The van der Waals surface area contributed by atoms with Gasteiger partial charge in [-0.1, -0.05) is 18.5 Å². The summed E-state index contributed by atoms with van der Waals surface area (Å²) in [6.07, 6.45) is 5.03. The van der Waals surface area contributed by atoms with Gasteiger partial charge in [-0.2, -0.15) is 4.98 Å². The molecule has 11 heteroatoms. The summed E-state index contributed by atoms with van der Waals surface area (Å²) in [6, 6.07) is 3.56. The van der Waals surface area contributed by atoms with Crippen molar-refractivity contribution in [2.45, 2.75) is 46.1 Å². The molecule has 0 aromatic carbocycles. The van der Waals surface area contributed by atoms with E-state index >= 15 is 0 Å². The third-order valence-corrected chi connectivity index (χ3v) is 4.78. The first-order chi connectivity index (χ1) is 15.0. The average Bonchev–Trinajstić information content (AvgIpc) is 3.24. The molecular weight excluding hydrogens is 402 g/mol. The molecule has 164 valence electrons. The molecule has 1 amide bonds. The van der Waals surface area contributed by atoms with Crippen LogP contribution in [-0.4, -0.2) is 37.1 Å². The Morgan fingerprint density at radius 1 is 1.32 bits per heavy atom. The van der Waals surface area contributed by atoms with Crippen LogP contribution in [0.2, 0.25) is 0 Å². The van der Waals surface area contributed by atoms with E-state index in [-0.39, 0.29) is 42.7 Å². The van der Waals surface area contributed by atoms with Crippen LogP contribution in [0.1, 0.15) is 39.0 Å². The number of H-pyrrole nitrogens is 1. The summed E-state index contributed by atoms with van der Waals surface area (Å²) in [5, 5.41) is 3.90. The fourth-order valence-electron chi connectivity index (χ4n) is 3.15. The molecule has 3 heterocycles. The largest absolute Gasteiger partial charge is 0.383 e. The molecular formula is C20H25N7O4. The number of nitrogens with two attached hydrogens (primary N) is 1. The number of carbonyl (C=O) groups is 1. The fraction of sp³-hybridized carbons (Fsp3) is 0.400. The summed E-state index contributed by atoms with van der Waals surface area (Å²) in [5.41, 5.74) is 5.52. The Balaban J connectivity index is 1.77. The van der Waals surface area contributed by atoms with Gasteiger partial charge < -0.3 is 15.2 Å². The Morgan fingerprint density at radius 3 is 2.81 bits per heavy atom. The summed E-state index contributed by atoms with van der Waals surface area (Å²) in [5.74, 6) is 0.306. The number of hydrogen-bond acceptors (Lipinski definition) is 8. The van der Waals surface area contributed by atoms with Gasteiger partial charge in [-0.25, -0.2) is 4.79 Å². The average molecular weight is 427 g/mol. The van der Waals surface area contributed by atoms with Crippen molar-refractivity contribution in [3.63, 3.8) is 0 Å². The van der Waals surface area contributed by atoms with Crippen LogP contribution in [0.3, 0.4) is 0 Å². The number of pyridine rings is 1. The fourth-order valence-corrected chi connectivity index (χ4v) is 3.15. The van der Waals surface area contributed by atoms with Crippen molar-refractivity contribution in [2.75, 3.05) is 17.2 Å². The van der Waals surface area contributed by atoms with Gasteiger partial charge in [0.15, 0.2) is 5.69 Å². The maximum atomic E-state index is 12.9. The second kappa shape index (κ2) is 9.83. The number of aromatic nitrogens is 5. The van der Waals surface area contributed by atoms with Gasteiger partial charge in [-0.05, 0) is 25.5 Å². The number of carbonyl (C=O) groups excluding carboxylic acids is 1. The molecule has 0 aliphatic carbocycles. The molecule has 3 aromatic rings. The number of aromatic amines is 1. The highest BCUT2D eigenvalue weighted by Crippen LogP contribution is 2.19. The van der Waals surface area contributed by atoms with E-state index in [9.17, 15) is 14.4 Å². The maximum absolute atomic E-state index is 12.9. The van der Waals surface area contributed by atoms with E-state index in [0.717, 1.165) is 6.42 Å². The van der Waals surface area contributed by atoms with Crippen molar-refractivity contribution < 1.29 is 9.32 Å². The van der Waals surface area contributed by atoms with E-state index in [1.54, 1.807) is 31.5 Å². The Hall–Kier alpha value is -3.76. The molecule has 0 aliphatic heterocycles. The zero-order valence-electron chi connectivity index (χ0n) is 17.5. The predicted molar refractivity (Wildman–Crippen MR) is 115 cm³/mol. The normalized spacial score (nSPS) is 10.9. The molecule has 0 fully saturated rings. The van der Waals surface area contributed by atoms with Crippen LogP contribution in [0, 0.1) is 0 Å². The Bertz CT molecular complexity index is 1150. The van der Waals surface area contributed by atoms with E-state index < -0.39 is 11.2 Å². The van der Waals surface area contributed by atoms with Gasteiger partial charge in [0.05, 0.1) is 0 Å². The van der Waals surface area contributed by atoms with Gasteiger partial charge >= 0.3 is 5.69 Å². The van der Waals surface area contributed by atoms with Crippen molar-refractivity contribution in [1.82, 2.24) is 24.7 Å². The number of anilines is 2.